The number of alkyl carbamates (subject to hydrolysis) is 1. The van der Waals surface area contributed by atoms with Crippen molar-refractivity contribution in [2.75, 3.05) is 58.2 Å². The molecule has 8 rings (SSSR count). The molecule has 5 fully saturated rings. The average Bonchev–Trinajstić information content (AvgIpc) is 3.91. The van der Waals surface area contributed by atoms with Crippen LogP contribution in [0.3, 0.4) is 0 Å². The maximum Gasteiger partial charge on any atom is 0.408 e. The van der Waals surface area contributed by atoms with Gasteiger partial charge in [0.1, 0.15) is 58.7 Å². The third-order valence-corrected chi connectivity index (χ3v) is 14.4. The van der Waals surface area contributed by atoms with Crippen LogP contribution in [0.5, 0.6) is 11.5 Å². The summed E-state index contributed by atoms with van der Waals surface area (Å²) in [6.07, 6.45) is 2.88. The number of aromatic nitrogens is 2. The van der Waals surface area contributed by atoms with E-state index < -0.39 is 58.9 Å². The zero-order valence-electron chi connectivity index (χ0n) is 37.5. The van der Waals surface area contributed by atoms with Crippen LogP contribution in [0.1, 0.15) is 66.7 Å². The second kappa shape index (κ2) is 18.3. The topological polar surface area (TPSA) is 188 Å². The predicted molar refractivity (Wildman–Crippen MR) is 245 cm³/mol. The van der Waals surface area contributed by atoms with Crippen LogP contribution in [-0.4, -0.2) is 142 Å². The molecule has 3 aliphatic carbocycles. The fourth-order valence-electron chi connectivity index (χ4n) is 9.36. The van der Waals surface area contributed by atoms with Gasteiger partial charge in [-0.05, 0) is 76.0 Å². The number of nitrogens with zero attached hydrogens (tertiary/aromatic N) is 5. The van der Waals surface area contributed by atoms with Gasteiger partial charge in [-0.3, -0.25) is 14.5 Å². The quantitative estimate of drug-likeness (QED) is 0.125. The van der Waals surface area contributed by atoms with Crippen molar-refractivity contribution in [3.63, 3.8) is 0 Å². The fraction of sp³-hybridized carbons (Fsp3) is 0.609. The van der Waals surface area contributed by atoms with E-state index in [0.717, 1.165) is 50.7 Å². The molecule has 16 nitrogen and oxygen atoms in total. The molecule has 4 heterocycles. The number of benzene rings is 1. The minimum absolute atomic E-state index is 0.0255. The molecule has 1 aromatic carbocycles. The number of carbonyl (C=O) groups excluding carboxylic acids is 3. The zero-order chi connectivity index (χ0) is 45.7. The van der Waals surface area contributed by atoms with Gasteiger partial charge < -0.3 is 45.1 Å². The molecule has 2 aliphatic heterocycles. The Bertz CT molecular complexity index is 2270. The summed E-state index contributed by atoms with van der Waals surface area (Å²) in [5.41, 5.74) is -0.808. The first kappa shape index (κ1) is 45.8. The summed E-state index contributed by atoms with van der Waals surface area (Å²) in [7, 11) is 2.12. The second-order valence-corrected chi connectivity index (χ2v) is 20.8. The first-order chi connectivity index (χ1) is 30.4. The number of piperazine rings is 1. The van der Waals surface area contributed by atoms with Crippen molar-refractivity contribution in [2.24, 2.45) is 23.2 Å². The highest BCUT2D eigenvalue weighted by Crippen LogP contribution is 2.52. The van der Waals surface area contributed by atoms with Gasteiger partial charge in [0, 0.05) is 67.9 Å². The molecule has 18 heteroatoms. The number of carbonyl (C=O) groups is 4. The third-order valence-electron chi connectivity index (χ3n) is 13.3. The van der Waals surface area contributed by atoms with Gasteiger partial charge in [0.15, 0.2) is 5.13 Å². The number of rotatable bonds is 16. The lowest BCUT2D eigenvalue weighted by atomic mass is 9.85. The van der Waals surface area contributed by atoms with Gasteiger partial charge in [0.25, 0.3) is 0 Å². The van der Waals surface area contributed by atoms with E-state index in [2.05, 4.69) is 39.4 Å². The standard InChI is InChI=1S/C46H61ClN8O8S/c1-8-28-22-46(28,42(58)59)52-40(56)34-20-30(23-55(34)41(57)39(45(4,5)6)51-44(60)63-29-18-26-17-27(26)19-29)62-36-21-32(33-24-64-43(50-33)48-25(2)3)49-38-31(36)9-10-35(37(38)47)61-16-15-54-13-11-53(7)12-14-54/h8-10,21,24-30,34,39H,1,11-20,22-23H2,2-7H3,(H,48,50)(H,51,60)(H,52,56)(H,58,59)/t26-,27+,28-,29+,30-,34+,39-,46?/m1/s1. The lowest BCUT2D eigenvalue weighted by Crippen LogP contribution is -2.59. The van der Waals surface area contributed by atoms with Gasteiger partial charge in [-0.25, -0.2) is 19.6 Å². The van der Waals surface area contributed by atoms with Crippen LogP contribution in [0, 0.1) is 23.2 Å². The molecule has 3 amide bonds. The molecular formula is C46H61ClN8O8S. The molecule has 8 atom stereocenters. The van der Waals surface area contributed by atoms with Crippen molar-refractivity contribution >= 4 is 62.8 Å². The molecule has 0 radical (unpaired) electrons. The zero-order valence-corrected chi connectivity index (χ0v) is 39.1. The second-order valence-electron chi connectivity index (χ2n) is 19.6. The molecule has 5 aliphatic rings. The number of anilines is 1. The summed E-state index contributed by atoms with van der Waals surface area (Å²) in [5, 5.41) is 22.6. The van der Waals surface area contributed by atoms with E-state index >= 15 is 0 Å². The van der Waals surface area contributed by atoms with E-state index in [1.807, 2.05) is 46.1 Å². The number of thiazole rings is 1. The highest BCUT2D eigenvalue weighted by Gasteiger charge is 2.61. The van der Waals surface area contributed by atoms with Crippen LogP contribution in [-0.2, 0) is 19.1 Å². The van der Waals surface area contributed by atoms with E-state index in [-0.39, 0.29) is 31.5 Å². The third kappa shape index (κ3) is 9.92. The number of nitrogens with one attached hydrogen (secondary N) is 3. The Morgan fingerprint density at radius 3 is 2.42 bits per heavy atom. The maximum absolute atomic E-state index is 14.8. The molecule has 4 N–H and O–H groups in total. The minimum Gasteiger partial charge on any atom is -0.491 e. The monoisotopic (exact) mass is 920 g/mol. The van der Waals surface area contributed by atoms with E-state index in [4.69, 9.17) is 35.8 Å². The number of carboxylic acid groups (broad SMARTS) is 1. The molecular weight excluding hydrogens is 860 g/mol. The van der Waals surface area contributed by atoms with Crippen molar-refractivity contribution in [3.8, 4) is 22.9 Å². The van der Waals surface area contributed by atoms with E-state index in [1.54, 1.807) is 12.1 Å². The Morgan fingerprint density at radius 2 is 1.77 bits per heavy atom. The predicted octanol–water partition coefficient (Wildman–Crippen LogP) is 5.89. The normalized spacial score (nSPS) is 27.2. The van der Waals surface area contributed by atoms with Crippen molar-refractivity contribution in [1.29, 1.82) is 0 Å². The number of pyridine rings is 1. The largest absolute Gasteiger partial charge is 0.491 e. The van der Waals surface area contributed by atoms with Gasteiger partial charge in [-0.2, -0.15) is 0 Å². The molecule has 0 bridgehead atoms. The molecule has 2 saturated heterocycles. The van der Waals surface area contributed by atoms with Crippen LogP contribution < -0.4 is 25.4 Å². The molecule has 3 saturated carbocycles. The highest BCUT2D eigenvalue weighted by molar-refractivity contribution is 7.14. The fourth-order valence-corrected chi connectivity index (χ4v) is 10.5. The van der Waals surface area contributed by atoms with E-state index in [9.17, 15) is 24.3 Å². The lowest BCUT2D eigenvalue weighted by Gasteiger charge is -2.35. The Hall–Kier alpha value is -4.71. The summed E-state index contributed by atoms with van der Waals surface area (Å²) in [6.45, 7) is 18.4. The summed E-state index contributed by atoms with van der Waals surface area (Å²) in [5.74, 6) is -0.740. The van der Waals surface area contributed by atoms with Crippen LogP contribution in [0.2, 0.25) is 5.02 Å². The first-order valence-electron chi connectivity index (χ1n) is 22.4. The number of likely N-dealkylation sites (N-methyl/N-ethyl adjacent to an activating group) is 1. The van der Waals surface area contributed by atoms with Crippen LogP contribution in [0.15, 0.2) is 36.2 Å². The number of halogens is 1. The Kier molecular flexibility index (Phi) is 13.1. The van der Waals surface area contributed by atoms with Crippen molar-refractivity contribution in [1.82, 2.24) is 35.3 Å². The highest BCUT2D eigenvalue weighted by atomic mass is 35.5. The Balaban J connectivity index is 1.09. The van der Waals surface area contributed by atoms with Gasteiger partial charge in [0.2, 0.25) is 11.8 Å². The van der Waals surface area contributed by atoms with E-state index in [1.165, 1.54) is 28.7 Å². The number of fused-ring (bicyclic) bond motifs is 2. The SMILES string of the molecule is C=C[C@@H]1CC1(NC(=O)[C@@H]1C[C@@H](Oc2cc(-c3csc(NC(C)C)n3)nc3c(Cl)c(OCCN4CCN(C)CC4)ccc23)CN1C(=O)[C@@H](NC(=O)O[C@@H]1C[C@@H]2C[C@@H]2C1)C(C)(C)C)C(=O)O. The molecule has 1 unspecified atom stereocenters. The van der Waals surface area contributed by atoms with Gasteiger partial charge in [-0.15, -0.1) is 17.9 Å². The summed E-state index contributed by atoms with van der Waals surface area (Å²) in [4.78, 5) is 70.9. The van der Waals surface area contributed by atoms with Gasteiger partial charge >= 0.3 is 12.1 Å². The molecule has 2 aromatic heterocycles. The van der Waals surface area contributed by atoms with Crippen molar-refractivity contribution in [3.05, 3.63) is 41.3 Å². The lowest BCUT2D eigenvalue weighted by molar-refractivity contribution is -0.146. The number of hydrogen-bond donors (Lipinski definition) is 4. The van der Waals surface area contributed by atoms with Gasteiger partial charge in [0.05, 0.1) is 17.8 Å². The molecule has 64 heavy (non-hydrogen) atoms. The average molecular weight is 922 g/mol. The Labute approximate surface area is 383 Å². The van der Waals surface area contributed by atoms with E-state index in [0.29, 0.717) is 57.3 Å². The smallest absolute Gasteiger partial charge is 0.408 e. The number of ether oxygens (including phenoxy) is 3. The Morgan fingerprint density at radius 1 is 1.03 bits per heavy atom. The molecule has 3 aromatic rings. The number of hydrogen-bond acceptors (Lipinski definition) is 13. The first-order valence-corrected chi connectivity index (χ1v) is 23.7. The summed E-state index contributed by atoms with van der Waals surface area (Å²) in [6, 6.07) is 3.35. The maximum atomic E-state index is 14.8. The van der Waals surface area contributed by atoms with Crippen LogP contribution in [0.25, 0.3) is 22.3 Å². The number of amides is 3. The summed E-state index contributed by atoms with van der Waals surface area (Å²) >= 11 is 8.58. The minimum atomic E-state index is -1.53. The number of carboxylic acids is 1. The molecule has 346 valence electrons. The molecule has 0 spiro atoms. The number of aliphatic carboxylic acids is 1. The van der Waals surface area contributed by atoms with Crippen LogP contribution in [0.4, 0.5) is 9.93 Å². The van der Waals surface area contributed by atoms with Crippen molar-refractivity contribution in [2.45, 2.75) is 103 Å². The summed E-state index contributed by atoms with van der Waals surface area (Å²) < 4.78 is 18.9. The number of likely N-dealkylation sites (tertiary alicyclic amines) is 1. The van der Waals surface area contributed by atoms with Crippen LogP contribution >= 0.6 is 22.9 Å². The van der Waals surface area contributed by atoms with Crippen molar-refractivity contribution < 1.29 is 38.5 Å². The van der Waals surface area contributed by atoms with Gasteiger partial charge in [-0.1, -0.05) is 38.4 Å².